The smallest absolute Gasteiger partial charge is 0.359 e. The van der Waals surface area contributed by atoms with E-state index in [0.29, 0.717) is 22.0 Å². The normalized spacial score (nSPS) is 17.7. The van der Waals surface area contributed by atoms with E-state index in [0.717, 1.165) is 24.8 Å². The summed E-state index contributed by atoms with van der Waals surface area (Å²) in [5.74, 6) is 0.361. The number of aromatic nitrogens is 4. The van der Waals surface area contributed by atoms with Gasteiger partial charge in [0.2, 0.25) is 0 Å². The van der Waals surface area contributed by atoms with Crippen LogP contribution in [0.2, 0.25) is 0 Å². The van der Waals surface area contributed by atoms with Crippen molar-refractivity contribution >= 4 is 27.5 Å². The van der Waals surface area contributed by atoms with Crippen LogP contribution in [0.3, 0.4) is 0 Å². The highest BCUT2D eigenvalue weighted by molar-refractivity contribution is 7.18. The molecular formula is C18H18N4O3S. The number of carbonyl (C=O) groups excluding carboxylic acids is 1. The van der Waals surface area contributed by atoms with Crippen molar-refractivity contribution in [1.82, 2.24) is 19.9 Å². The molecule has 0 unspecified atom stereocenters. The van der Waals surface area contributed by atoms with Crippen LogP contribution < -0.4 is 5.56 Å². The molecule has 26 heavy (non-hydrogen) atoms. The molecule has 0 radical (unpaired) electrons. The summed E-state index contributed by atoms with van der Waals surface area (Å²) >= 11 is 1.57. The van der Waals surface area contributed by atoms with Gasteiger partial charge in [-0.1, -0.05) is 6.92 Å². The van der Waals surface area contributed by atoms with Crippen molar-refractivity contribution in [2.75, 3.05) is 0 Å². The maximum atomic E-state index is 12.6. The van der Waals surface area contributed by atoms with Crippen LogP contribution in [0, 0.1) is 5.92 Å². The Kier molecular flexibility index (Phi) is 4.28. The van der Waals surface area contributed by atoms with Crippen molar-refractivity contribution in [1.29, 1.82) is 0 Å². The van der Waals surface area contributed by atoms with Crippen LogP contribution in [0.4, 0.5) is 0 Å². The Morgan fingerprint density at radius 2 is 2.27 bits per heavy atom. The van der Waals surface area contributed by atoms with E-state index >= 15 is 0 Å². The highest BCUT2D eigenvalue weighted by atomic mass is 32.1. The molecule has 2 atom stereocenters. The highest BCUT2D eigenvalue weighted by Gasteiger charge is 2.24. The van der Waals surface area contributed by atoms with Gasteiger partial charge in [0.25, 0.3) is 5.56 Å². The summed E-state index contributed by atoms with van der Waals surface area (Å²) < 4.78 is 5.38. The average molecular weight is 370 g/mol. The predicted octanol–water partition coefficient (Wildman–Crippen LogP) is 2.82. The van der Waals surface area contributed by atoms with Crippen LogP contribution in [-0.2, 0) is 17.6 Å². The van der Waals surface area contributed by atoms with Gasteiger partial charge in [0, 0.05) is 17.3 Å². The van der Waals surface area contributed by atoms with E-state index in [2.05, 4.69) is 26.9 Å². The molecule has 134 valence electrons. The minimum Gasteiger partial charge on any atom is -0.450 e. The molecule has 1 N–H and O–H groups in total. The van der Waals surface area contributed by atoms with Crippen molar-refractivity contribution in [3.63, 3.8) is 0 Å². The summed E-state index contributed by atoms with van der Waals surface area (Å²) in [7, 11) is 0. The summed E-state index contributed by atoms with van der Waals surface area (Å²) in [6.45, 7) is 3.90. The fourth-order valence-electron chi connectivity index (χ4n) is 3.24. The Labute approximate surface area is 153 Å². The number of nitrogens with one attached hydrogen (secondary N) is 1. The molecule has 3 aromatic heterocycles. The van der Waals surface area contributed by atoms with Crippen molar-refractivity contribution in [3.05, 3.63) is 50.9 Å². The van der Waals surface area contributed by atoms with Crippen LogP contribution in [0.25, 0.3) is 10.2 Å². The molecule has 0 amide bonds. The quantitative estimate of drug-likeness (QED) is 0.712. The van der Waals surface area contributed by atoms with Crippen molar-refractivity contribution in [2.45, 2.75) is 39.2 Å². The Morgan fingerprint density at radius 1 is 1.42 bits per heavy atom. The number of carbonyl (C=O) groups is 1. The first-order valence-corrected chi connectivity index (χ1v) is 9.36. The number of aryl methyl sites for hydroxylation is 1. The third-order valence-corrected chi connectivity index (χ3v) is 5.77. The lowest BCUT2D eigenvalue weighted by Gasteiger charge is -2.17. The first-order chi connectivity index (χ1) is 12.5. The zero-order valence-corrected chi connectivity index (χ0v) is 15.3. The summed E-state index contributed by atoms with van der Waals surface area (Å²) in [6.07, 6.45) is 6.53. The largest absolute Gasteiger partial charge is 0.450 e. The lowest BCUT2D eigenvalue weighted by molar-refractivity contribution is 0.0312. The second-order valence-electron chi connectivity index (χ2n) is 6.62. The van der Waals surface area contributed by atoms with Crippen LogP contribution >= 0.6 is 11.3 Å². The second-order valence-corrected chi connectivity index (χ2v) is 7.70. The second kappa shape index (κ2) is 6.60. The number of fused-ring (bicyclic) bond motifs is 3. The van der Waals surface area contributed by atoms with E-state index in [-0.39, 0.29) is 11.3 Å². The van der Waals surface area contributed by atoms with Gasteiger partial charge in [0.1, 0.15) is 4.83 Å². The molecule has 0 saturated carbocycles. The maximum Gasteiger partial charge on any atom is 0.359 e. The van der Waals surface area contributed by atoms with Crippen molar-refractivity contribution in [3.8, 4) is 0 Å². The third-order valence-electron chi connectivity index (χ3n) is 4.62. The fraction of sp³-hybridized carbons (Fsp3) is 0.389. The molecule has 8 heteroatoms. The first-order valence-electron chi connectivity index (χ1n) is 8.54. The molecular weight excluding hydrogens is 352 g/mol. The minimum absolute atomic E-state index is 0.114. The van der Waals surface area contributed by atoms with Gasteiger partial charge in [-0.25, -0.2) is 14.8 Å². The zero-order chi connectivity index (χ0) is 18.3. The minimum atomic E-state index is -0.695. The predicted molar refractivity (Wildman–Crippen MR) is 97.3 cm³/mol. The number of ether oxygens (including phenoxy) is 1. The Morgan fingerprint density at radius 3 is 3.04 bits per heavy atom. The summed E-state index contributed by atoms with van der Waals surface area (Å²) in [5.41, 5.74) is 1.08. The zero-order valence-electron chi connectivity index (χ0n) is 14.5. The summed E-state index contributed by atoms with van der Waals surface area (Å²) in [4.78, 5) is 41.8. The molecule has 0 fully saturated rings. The van der Waals surface area contributed by atoms with E-state index in [1.165, 1.54) is 23.5 Å². The standard InChI is InChI=1S/C18H18N4O3S/c1-9-3-4-11-13(7-9)26-17-14(11)16(23)21-15(22-17)10(2)25-18(24)12-8-19-5-6-20-12/h5-6,8-10H,3-4,7H2,1-2H3,(H,21,22,23)/t9-,10+/m1/s1. The number of hydrogen-bond donors (Lipinski definition) is 1. The molecule has 0 bridgehead atoms. The third kappa shape index (κ3) is 3.01. The molecule has 4 rings (SSSR count). The molecule has 1 aliphatic rings. The number of hydrogen-bond acceptors (Lipinski definition) is 7. The van der Waals surface area contributed by atoms with Gasteiger partial charge in [-0.3, -0.25) is 9.78 Å². The topological polar surface area (TPSA) is 97.8 Å². The van der Waals surface area contributed by atoms with Crippen LogP contribution in [-0.4, -0.2) is 25.9 Å². The molecule has 3 heterocycles. The number of rotatable bonds is 3. The monoisotopic (exact) mass is 370 g/mol. The summed E-state index contributed by atoms with van der Waals surface area (Å²) in [5, 5.41) is 0.688. The molecule has 7 nitrogen and oxygen atoms in total. The molecule has 0 aromatic carbocycles. The number of esters is 1. The van der Waals surface area contributed by atoms with E-state index < -0.39 is 12.1 Å². The van der Waals surface area contributed by atoms with E-state index in [9.17, 15) is 9.59 Å². The number of H-pyrrole nitrogens is 1. The molecule has 0 saturated heterocycles. The Bertz CT molecular complexity index is 1030. The van der Waals surface area contributed by atoms with E-state index in [1.807, 2.05) is 0 Å². The van der Waals surface area contributed by atoms with Crippen LogP contribution in [0.5, 0.6) is 0 Å². The SMILES string of the molecule is C[C@@H]1CCc2c(sc3nc([C@H](C)OC(=O)c4cnccn4)[nH]c(=O)c23)C1. The average Bonchev–Trinajstić information content (AvgIpc) is 3.00. The summed E-state index contributed by atoms with van der Waals surface area (Å²) in [6, 6.07) is 0. The van der Waals surface area contributed by atoms with E-state index in [4.69, 9.17) is 4.74 Å². The van der Waals surface area contributed by atoms with Crippen LogP contribution in [0.15, 0.2) is 23.4 Å². The molecule has 0 aliphatic heterocycles. The van der Waals surface area contributed by atoms with Gasteiger partial charge in [0.05, 0.1) is 11.6 Å². The van der Waals surface area contributed by atoms with Gasteiger partial charge in [0.15, 0.2) is 17.6 Å². The van der Waals surface area contributed by atoms with Gasteiger partial charge in [-0.15, -0.1) is 11.3 Å². The first kappa shape index (κ1) is 16.8. The number of thiophene rings is 1. The van der Waals surface area contributed by atoms with Gasteiger partial charge >= 0.3 is 5.97 Å². The van der Waals surface area contributed by atoms with Gasteiger partial charge < -0.3 is 9.72 Å². The molecule has 3 aromatic rings. The number of nitrogens with zero attached hydrogens (tertiary/aromatic N) is 3. The highest BCUT2D eigenvalue weighted by Crippen LogP contribution is 2.35. The van der Waals surface area contributed by atoms with Gasteiger partial charge in [-0.2, -0.15) is 0 Å². The Balaban J connectivity index is 1.65. The Hall–Kier alpha value is -2.61. The lowest BCUT2D eigenvalue weighted by atomic mass is 9.89. The van der Waals surface area contributed by atoms with Gasteiger partial charge in [-0.05, 0) is 37.7 Å². The van der Waals surface area contributed by atoms with E-state index in [1.54, 1.807) is 18.3 Å². The van der Waals surface area contributed by atoms with Crippen molar-refractivity contribution in [2.24, 2.45) is 5.92 Å². The fourth-order valence-corrected chi connectivity index (χ4v) is 4.63. The van der Waals surface area contributed by atoms with Crippen LogP contribution in [0.1, 0.15) is 53.1 Å². The maximum absolute atomic E-state index is 12.6. The van der Waals surface area contributed by atoms with Crippen molar-refractivity contribution < 1.29 is 9.53 Å². The molecule has 0 spiro atoms. The molecule has 1 aliphatic carbocycles. The lowest BCUT2D eigenvalue weighted by Crippen LogP contribution is -2.18. The number of aromatic amines is 1.